The van der Waals surface area contributed by atoms with E-state index in [1.54, 1.807) is 50.5 Å². The van der Waals surface area contributed by atoms with Crippen LogP contribution in [0, 0.1) is 0 Å². The van der Waals surface area contributed by atoms with E-state index in [2.05, 4.69) is 15.3 Å². The standard InChI is InChI=1S/C37H41N3O7/c1-22-10-9-13-26(41)12-6-4-5-11-25-20-31(42)34(35(44)33(25)37(45)47-22)28(24-16-18-27(46-3)19-17-24)21-32(43)38-23(2)36-39-29-14-7-8-15-30(29)40-36/h5,7-8,11,14-20,22-23,28,42,44H,4,6,9-10,12-13,21H2,1-3H3,(H,38,43)(H,39,40). The number of phenolic OH excluding ortho intramolecular Hbond substituents is 2. The maximum Gasteiger partial charge on any atom is 0.342 e. The molecule has 3 atom stereocenters. The number of nitrogens with zero attached hydrogens (tertiary/aromatic N) is 1. The van der Waals surface area contributed by atoms with Crippen molar-refractivity contribution in [3.8, 4) is 17.2 Å². The van der Waals surface area contributed by atoms with Crippen molar-refractivity contribution >= 4 is 34.8 Å². The number of aromatic amines is 1. The number of ether oxygens (including phenoxy) is 2. The van der Waals surface area contributed by atoms with Crippen molar-refractivity contribution in [1.82, 2.24) is 15.3 Å². The van der Waals surface area contributed by atoms with Crippen LogP contribution < -0.4 is 10.1 Å². The molecule has 2 heterocycles. The van der Waals surface area contributed by atoms with Crippen molar-refractivity contribution in [3.05, 3.63) is 88.8 Å². The molecule has 1 aromatic heterocycles. The summed E-state index contributed by atoms with van der Waals surface area (Å²) in [6.45, 7) is 3.56. The number of H-pyrrole nitrogens is 1. The molecule has 4 aromatic rings. The van der Waals surface area contributed by atoms with E-state index in [1.165, 1.54) is 6.07 Å². The minimum absolute atomic E-state index is 0.0326. The lowest BCUT2D eigenvalue weighted by atomic mass is 9.84. The maximum absolute atomic E-state index is 13.6. The number of cyclic esters (lactones) is 1. The third-order valence-electron chi connectivity index (χ3n) is 8.50. The quantitative estimate of drug-likeness (QED) is 0.160. The molecule has 0 saturated carbocycles. The van der Waals surface area contributed by atoms with Crippen molar-refractivity contribution in [3.63, 3.8) is 0 Å². The highest BCUT2D eigenvalue weighted by Crippen LogP contribution is 2.44. The first-order valence-electron chi connectivity index (χ1n) is 16.0. The lowest BCUT2D eigenvalue weighted by Gasteiger charge is -2.24. The Hall–Kier alpha value is -5.12. The van der Waals surface area contributed by atoms with Gasteiger partial charge in [0, 0.05) is 30.7 Å². The molecule has 10 nitrogen and oxygen atoms in total. The van der Waals surface area contributed by atoms with Crippen LogP contribution in [0.25, 0.3) is 17.1 Å². The molecule has 0 fully saturated rings. The van der Waals surface area contributed by atoms with Crippen LogP contribution in [0.3, 0.4) is 0 Å². The zero-order valence-electron chi connectivity index (χ0n) is 26.9. The first-order chi connectivity index (χ1) is 22.6. The molecular weight excluding hydrogens is 598 g/mol. The number of methoxy groups -OCH3 is 1. The van der Waals surface area contributed by atoms with Crippen LogP contribution in [-0.4, -0.2) is 51.1 Å². The molecule has 3 aromatic carbocycles. The molecule has 1 aliphatic heterocycles. The Morgan fingerprint density at radius 1 is 1.11 bits per heavy atom. The highest BCUT2D eigenvalue weighted by atomic mass is 16.5. The third-order valence-corrected chi connectivity index (χ3v) is 8.50. The van der Waals surface area contributed by atoms with Crippen LogP contribution in [0.1, 0.15) is 104 Å². The number of ketones is 1. The molecule has 47 heavy (non-hydrogen) atoms. The maximum atomic E-state index is 13.6. The largest absolute Gasteiger partial charge is 0.507 e. The number of carbonyl (C=O) groups excluding carboxylic acids is 3. The molecule has 246 valence electrons. The van der Waals surface area contributed by atoms with Crippen molar-refractivity contribution < 1.29 is 34.1 Å². The molecular formula is C37H41N3O7. The van der Waals surface area contributed by atoms with E-state index in [0.29, 0.717) is 55.7 Å². The van der Waals surface area contributed by atoms with Gasteiger partial charge >= 0.3 is 5.97 Å². The van der Waals surface area contributed by atoms with Gasteiger partial charge in [-0.05, 0) is 81.0 Å². The van der Waals surface area contributed by atoms with Crippen LogP contribution in [0.2, 0.25) is 0 Å². The number of allylic oxidation sites excluding steroid dienone is 1. The van der Waals surface area contributed by atoms with Gasteiger partial charge in [-0.15, -0.1) is 0 Å². The molecule has 3 unspecified atom stereocenters. The number of Topliss-reactive ketones (excluding diaryl/α,β-unsaturated/α-hetero) is 1. The van der Waals surface area contributed by atoms with Gasteiger partial charge in [-0.25, -0.2) is 9.78 Å². The van der Waals surface area contributed by atoms with E-state index in [-0.39, 0.29) is 40.6 Å². The van der Waals surface area contributed by atoms with Gasteiger partial charge in [-0.2, -0.15) is 0 Å². The molecule has 0 saturated heterocycles. The van der Waals surface area contributed by atoms with Crippen LogP contribution >= 0.6 is 0 Å². The molecule has 0 radical (unpaired) electrons. The molecule has 1 aliphatic rings. The Morgan fingerprint density at radius 3 is 2.60 bits per heavy atom. The average Bonchev–Trinajstić information content (AvgIpc) is 3.48. The summed E-state index contributed by atoms with van der Waals surface area (Å²) in [7, 11) is 1.54. The molecule has 0 bridgehead atoms. The summed E-state index contributed by atoms with van der Waals surface area (Å²) in [5.41, 5.74) is 2.46. The van der Waals surface area contributed by atoms with Gasteiger partial charge in [-0.3, -0.25) is 9.59 Å². The summed E-state index contributed by atoms with van der Waals surface area (Å²) in [6.07, 6.45) is 5.98. The number of fused-ring (bicyclic) bond motifs is 2. The predicted octanol–water partition coefficient (Wildman–Crippen LogP) is 6.86. The van der Waals surface area contributed by atoms with Crippen molar-refractivity contribution in [2.75, 3.05) is 7.11 Å². The summed E-state index contributed by atoms with van der Waals surface area (Å²) >= 11 is 0. The average molecular weight is 640 g/mol. The number of aromatic nitrogens is 2. The third kappa shape index (κ3) is 8.00. The lowest BCUT2D eigenvalue weighted by Crippen LogP contribution is -2.29. The summed E-state index contributed by atoms with van der Waals surface area (Å²) in [4.78, 5) is 47.2. The fraction of sp³-hybridized carbons (Fsp3) is 0.351. The number of carbonyl (C=O) groups is 3. The normalized spacial score (nSPS) is 17.3. The first kappa shape index (κ1) is 33.2. The van der Waals surface area contributed by atoms with Crippen LogP contribution in [0.4, 0.5) is 0 Å². The van der Waals surface area contributed by atoms with E-state index < -0.39 is 29.8 Å². The number of amides is 1. The second-order valence-electron chi connectivity index (χ2n) is 12.0. The fourth-order valence-electron chi connectivity index (χ4n) is 5.97. The molecule has 5 rings (SSSR count). The number of para-hydroxylation sites is 2. The number of rotatable bonds is 7. The van der Waals surface area contributed by atoms with E-state index in [9.17, 15) is 24.6 Å². The van der Waals surface area contributed by atoms with Gasteiger partial charge in [0.1, 0.15) is 34.4 Å². The highest BCUT2D eigenvalue weighted by Gasteiger charge is 2.31. The number of hydrogen-bond acceptors (Lipinski definition) is 8. The van der Waals surface area contributed by atoms with Gasteiger partial charge in [0.05, 0.1) is 30.3 Å². The zero-order valence-corrected chi connectivity index (χ0v) is 26.9. The summed E-state index contributed by atoms with van der Waals surface area (Å²) in [5, 5.41) is 26.2. The number of benzene rings is 3. The topological polar surface area (TPSA) is 151 Å². The number of hydrogen-bond donors (Lipinski definition) is 4. The van der Waals surface area contributed by atoms with E-state index in [0.717, 1.165) is 11.0 Å². The molecule has 4 N–H and O–H groups in total. The van der Waals surface area contributed by atoms with Crippen LogP contribution in [0.5, 0.6) is 17.2 Å². The number of esters is 1. The predicted molar refractivity (Wildman–Crippen MR) is 178 cm³/mol. The summed E-state index contributed by atoms with van der Waals surface area (Å²) in [5.74, 6) is -1.33. The van der Waals surface area contributed by atoms with Crippen LogP contribution in [-0.2, 0) is 14.3 Å². The minimum Gasteiger partial charge on any atom is -0.507 e. The monoisotopic (exact) mass is 639 g/mol. The Labute approximate surface area is 273 Å². The molecule has 0 spiro atoms. The number of nitrogens with one attached hydrogen (secondary N) is 2. The van der Waals surface area contributed by atoms with Gasteiger partial charge in [0.2, 0.25) is 5.91 Å². The van der Waals surface area contributed by atoms with Gasteiger partial charge in [0.15, 0.2) is 0 Å². The zero-order chi connectivity index (χ0) is 33.5. The van der Waals surface area contributed by atoms with Gasteiger partial charge in [-0.1, -0.05) is 36.4 Å². The van der Waals surface area contributed by atoms with Gasteiger partial charge in [0.25, 0.3) is 0 Å². The SMILES string of the molecule is COc1ccc(C(CC(=O)NC(C)c2nc3ccccc3[nH]2)c2c(O)cc3c(c2O)C(=O)OC(C)CCCC(=O)CCCC=C3)cc1. The van der Waals surface area contributed by atoms with E-state index in [1.807, 2.05) is 31.2 Å². The highest BCUT2D eigenvalue weighted by molar-refractivity contribution is 5.98. The Balaban J connectivity index is 1.52. The van der Waals surface area contributed by atoms with Crippen molar-refractivity contribution in [2.24, 2.45) is 0 Å². The second-order valence-corrected chi connectivity index (χ2v) is 12.0. The van der Waals surface area contributed by atoms with E-state index >= 15 is 0 Å². The van der Waals surface area contributed by atoms with Crippen LogP contribution in [0.15, 0.2) is 60.7 Å². The van der Waals surface area contributed by atoms with Gasteiger partial charge < -0.3 is 30.0 Å². The van der Waals surface area contributed by atoms with E-state index in [4.69, 9.17) is 9.47 Å². The lowest BCUT2D eigenvalue weighted by molar-refractivity contribution is -0.122. The Morgan fingerprint density at radius 2 is 1.85 bits per heavy atom. The number of imidazole rings is 1. The Bertz CT molecular complexity index is 1740. The first-order valence-corrected chi connectivity index (χ1v) is 16.0. The molecule has 10 heteroatoms. The fourth-order valence-corrected chi connectivity index (χ4v) is 5.97. The van der Waals surface area contributed by atoms with Crippen molar-refractivity contribution in [1.29, 1.82) is 0 Å². The van der Waals surface area contributed by atoms with Crippen molar-refractivity contribution in [2.45, 2.75) is 76.9 Å². The smallest absolute Gasteiger partial charge is 0.342 e. The summed E-state index contributed by atoms with van der Waals surface area (Å²) in [6, 6.07) is 15.5. The summed E-state index contributed by atoms with van der Waals surface area (Å²) < 4.78 is 11.0. The molecule has 0 aliphatic carbocycles. The number of aromatic hydroxyl groups is 2. The number of phenols is 2. The minimum atomic E-state index is -0.845. The Kier molecular flexibility index (Phi) is 10.6. The second kappa shape index (κ2) is 15.0. The molecule has 1 amide bonds.